The highest BCUT2D eigenvalue weighted by Gasteiger charge is 2.40. The van der Waals surface area contributed by atoms with Crippen LogP contribution < -0.4 is 14.2 Å². The Morgan fingerprint density at radius 2 is 1.79 bits per heavy atom. The largest absolute Gasteiger partial charge is 0.493 e. The summed E-state index contributed by atoms with van der Waals surface area (Å²) in [6.07, 6.45) is 1.96. The van der Waals surface area contributed by atoms with E-state index in [2.05, 4.69) is 0 Å². The summed E-state index contributed by atoms with van der Waals surface area (Å²) in [5, 5.41) is 9.56. The van der Waals surface area contributed by atoms with E-state index in [4.69, 9.17) is 26.4 Å². The first-order chi connectivity index (χ1) is 13.2. The molecule has 1 aliphatic heterocycles. The van der Waals surface area contributed by atoms with E-state index in [-0.39, 0.29) is 10.2 Å². The van der Waals surface area contributed by atoms with Crippen LogP contribution in [0.5, 0.6) is 17.2 Å². The molecule has 0 radical (unpaired) electrons. The molecule has 1 aliphatic rings. The van der Waals surface area contributed by atoms with Crippen LogP contribution in [0, 0.1) is 5.92 Å². The molecule has 1 N–H and O–H groups in total. The summed E-state index contributed by atoms with van der Waals surface area (Å²) in [5.41, 5.74) is 0.644. The number of thioether (sulfide) groups is 1. The molecular weight excluding hydrogens is 402 g/mol. The Balaban J connectivity index is 2.42. The van der Waals surface area contributed by atoms with Crippen LogP contribution in [-0.4, -0.2) is 53.6 Å². The standard InChI is InChI=1S/C19H23NO6S2/c1-10(2)6-12(18(22)23)20-17(21)15(28-19(20)27)9-11-7-13(24-3)16(26-5)14(8-11)25-4/h7-10,12H,6H2,1-5H3,(H,22,23)/b15-9-. The number of aliphatic carboxylic acids is 1. The van der Waals surface area contributed by atoms with E-state index in [9.17, 15) is 14.7 Å². The lowest BCUT2D eigenvalue weighted by Gasteiger charge is -2.24. The second-order valence-electron chi connectivity index (χ2n) is 6.49. The fourth-order valence-corrected chi connectivity index (χ4v) is 4.20. The van der Waals surface area contributed by atoms with Crippen molar-refractivity contribution in [3.8, 4) is 17.2 Å². The van der Waals surface area contributed by atoms with Gasteiger partial charge in [0.25, 0.3) is 5.91 Å². The Labute approximate surface area is 173 Å². The third-order valence-electron chi connectivity index (χ3n) is 4.10. The molecule has 0 spiro atoms. The maximum absolute atomic E-state index is 12.9. The maximum atomic E-state index is 12.9. The minimum absolute atomic E-state index is 0.102. The van der Waals surface area contributed by atoms with Gasteiger partial charge in [0.2, 0.25) is 5.75 Å². The van der Waals surface area contributed by atoms with E-state index in [1.807, 2.05) is 13.8 Å². The number of hydrogen-bond acceptors (Lipinski definition) is 7. The van der Waals surface area contributed by atoms with Crippen LogP contribution >= 0.6 is 24.0 Å². The van der Waals surface area contributed by atoms with E-state index >= 15 is 0 Å². The van der Waals surface area contributed by atoms with Crippen molar-refractivity contribution in [1.29, 1.82) is 0 Å². The van der Waals surface area contributed by atoms with Gasteiger partial charge in [-0.15, -0.1) is 0 Å². The fraction of sp³-hybridized carbons (Fsp3) is 0.421. The Morgan fingerprint density at radius 1 is 1.21 bits per heavy atom. The van der Waals surface area contributed by atoms with Gasteiger partial charge < -0.3 is 19.3 Å². The lowest BCUT2D eigenvalue weighted by atomic mass is 10.0. The van der Waals surface area contributed by atoms with Crippen LogP contribution in [0.3, 0.4) is 0 Å². The van der Waals surface area contributed by atoms with Gasteiger partial charge in [-0.25, -0.2) is 4.79 Å². The number of carbonyl (C=O) groups excluding carboxylic acids is 1. The third kappa shape index (κ3) is 4.59. The Kier molecular flexibility index (Phi) is 7.31. The van der Waals surface area contributed by atoms with Crippen molar-refractivity contribution >= 4 is 46.3 Å². The number of carbonyl (C=O) groups is 2. The van der Waals surface area contributed by atoms with Crippen LogP contribution in [0.25, 0.3) is 6.08 Å². The molecule has 1 saturated heterocycles. The Hall–Kier alpha value is -2.26. The molecule has 9 heteroatoms. The number of amides is 1. The number of benzene rings is 1. The Bertz CT molecular complexity index is 796. The maximum Gasteiger partial charge on any atom is 0.326 e. The van der Waals surface area contributed by atoms with Gasteiger partial charge in [0.05, 0.1) is 26.2 Å². The minimum Gasteiger partial charge on any atom is -0.493 e. The van der Waals surface area contributed by atoms with Crippen LogP contribution in [0.1, 0.15) is 25.8 Å². The minimum atomic E-state index is -1.07. The third-order valence-corrected chi connectivity index (χ3v) is 5.43. The molecular formula is C19H23NO6S2. The second-order valence-corrected chi connectivity index (χ2v) is 8.17. The lowest BCUT2D eigenvalue weighted by Crippen LogP contribution is -2.44. The first-order valence-corrected chi connectivity index (χ1v) is 9.75. The molecule has 28 heavy (non-hydrogen) atoms. The van der Waals surface area contributed by atoms with E-state index in [1.165, 1.54) is 26.2 Å². The summed E-state index contributed by atoms with van der Waals surface area (Å²) >= 11 is 6.37. The number of rotatable bonds is 8. The molecule has 2 rings (SSSR count). The molecule has 0 saturated carbocycles. The van der Waals surface area contributed by atoms with Gasteiger partial charge in [0.15, 0.2) is 11.5 Å². The molecule has 152 valence electrons. The molecule has 1 aromatic carbocycles. The zero-order valence-electron chi connectivity index (χ0n) is 16.3. The first kappa shape index (κ1) is 22.0. The van der Waals surface area contributed by atoms with E-state index < -0.39 is 17.9 Å². The van der Waals surface area contributed by atoms with E-state index in [0.29, 0.717) is 34.1 Å². The fourth-order valence-electron chi connectivity index (χ4n) is 2.85. The van der Waals surface area contributed by atoms with Crippen LogP contribution in [0.2, 0.25) is 0 Å². The number of hydrogen-bond donors (Lipinski definition) is 1. The summed E-state index contributed by atoms with van der Waals surface area (Å²) in [5.74, 6) is -0.0446. The average Bonchev–Trinajstić information content (AvgIpc) is 2.91. The van der Waals surface area contributed by atoms with Gasteiger partial charge in [0.1, 0.15) is 10.4 Å². The first-order valence-electron chi connectivity index (χ1n) is 8.53. The topological polar surface area (TPSA) is 85.3 Å². The van der Waals surface area contributed by atoms with Gasteiger partial charge >= 0.3 is 5.97 Å². The average molecular weight is 426 g/mol. The summed E-state index contributed by atoms with van der Waals surface area (Å²) in [6.45, 7) is 3.80. The van der Waals surface area contributed by atoms with Gasteiger partial charge in [-0.1, -0.05) is 37.8 Å². The van der Waals surface area contributed by atoms with Crippen molar-refractivity contribution in [1.82, 2.24) is 4.90 Å². The zero-order valence-corrected chi connectivity index (χ0v) is 18.0. The summed E-state index contributed by atoms with van der Waals surface area (Å²) < 4.78 is 16.2. The molecule has 0 aliphatic carbocycles. The highest BCUT2D eigenvalue weighted by atomic mass is 32.2. The van der Waals surface area contributed by atoms with Gasteiger partial charge in [-0.05, 0) is 36.1 Å². The number of nitrogens with zero attached hydrogens (tertiary/aromatic N) is 1. The highest BCUT2D eigenvalue weighted by Crippen LogP contribution is 2.40. The quantitative estimate of drug-likeness (QED) is 0.501. The van der Waals surface area contributed by atoms with Crippen LogP contribution in [-0.2, 0) is 9.59 Å². The van der Waals surface area contributed by atoms with Crippen molar-refractivity contribution in [2.75, 3.05) is 21.3 Å². The Morgan fingerprint density at radius 3 is 2.21 bits per heavy atom. The van der Waals surface area contributed by atoms with E-state index in [0.717, 1.165) is 11.8 Å². The molecule has 1 aromatic rings. The molecule has 1 unspecified atom stereocenters. The number of thiocarbonyl (C=S) groups is 1. The van der Waals surface area contributed by atoms with Gasteiger partial charge in [0, 0.05) is 0 Å². The molecule has 0 bridgehead atoms. The van der Waals surface area contributed by atoms with Crippen molar-refractivity contribution in [3.63, 3.8) is 0 Å². The lowest BCUT2D eigenvalue weighted by molar-refractivity contribution is -0.145. The van der Waals surface area contributed by atoms with E-state index in [1.54, 1.807) is 18.2 Å². The van der Waals surface area contributed by atoms with Gasteiger partial charge in [-0.2, -0.15) is 0 Å². The molecule has 1 heterocycles. The van der Waals surface area contributed by atoms with Crippen molar-refractivity contribution in [2.45, 2.75) is 26.3 Å². The van der Waals surface area contributed by atoms with Crippen LogP contribution in [0.4, 0.5) is 0 Å². The number of methoxy groups -OCH3 is 3. The zero-order chi connectivity index (χ0) is 21.0. The highest BCUT2D eigenvalue weighted by molar-refractivity contribution is 8.26. The monoisotopic (exact) mass is 425 g/mol. The van der Waals surface area contributed by atoms with Crippen LogP contribution in [0.15, 0.2) is 17.0 Å². The van der Waals surface area contributed by atoms with Crippen molar-refractivity contribution in [3.05, 3.63) is 22.6 Å². The smallest absolute Gasteiger partial charge is 0.326 e. The molecule has 1 fully saturated rings. The normalized spacial score (nSPS) is 16.6. The van der Waals surface area contributed by atoms with Crippen molar-refractivity contribution in [2.24, 2.45) is 5.92 Å². The summed E-state index contributed by atoms with van der Waals surface area (Å²) in [6, 6.07) is 2.42. The number of ether oxygens (including phenoxy) is 3. The van der Waals surface area contributed by atoms with Gasteiger partial charge in [-0.3, -0.25) is 9.69 Å². The number of carboxylic acid groups (broad SMARTS) is 1. The molecule has 0 aromatic heterocycles. The predicted octanol–water partition coefficient (Wildman–Crippen LogP) is 3.41. The predicted molar refractivity (Wildman–Crippen MR) is 112 cm³/mol. The molecule has 1 atom stereocenters. The summed E-state index contributed by atoms with van der Waals surface area (Å²) in [7, 11) is 4.51. The molecule has 7 nitrogen and oxygen atoms in total. The second kappa shape index (κ2) is 9.29. The van der Waals surface area contributed by atoms with Crippen molar-refractivity contribution < 1.29 is 28.9 Å². The summed E-state index contributed by atoms with van der Waals surface area (Å²) in [4.78, 5) is 26.1. The molecule has 1 amide bonds. The number of carboxylic acids is 1. The SMILES string of the molecule is COc1cc(/C=C2\SC(=S)N(C(CC(C)C)C(=O)O)C2=O)cc(OC)c1OC.